The Morgan fingerprint density at radius 2 is 2.25 bits per heavy atom. The zero-order chi connectivity index (χ0) is 14.5. The first kappa shape index (κ1) is 14.2. The molecular weight excluding hydrogens is 256 g/mol. The number of aromatic nitrogens is 2. The van der Waals surface area contributed by atoms with E-state index in [2.05, 4.69) is 4.98 Å². The van der Waals surface area contributed by atoms with E-state index in [9.17, 15) is 4.79 Å². The van der Waals surface area contributed by atoms with Crippen molar-refractivity contribution >= 4 is 5.69 Å². The molecule has 0 unspecified atom stereocenters. The van der Waals surface area contributed by atoms with E-state index in [-0.39, 0.29) is 17.3 Å². The molecule has 0 bridgehead atoms. The summed E-state index contributed by atoms with van der Waals surface area (Å²) in [4.78, 5) is 16.2. The summed E-state index contributed by atoms with van der Waals surface area (Å²) in [5.41, 5.74) is 12.0. The monoisotopic (exact) mass is 274 g/mol. The van der Waals surface area contributed by atoms with Gasteiger partial charge in [0.2, 0.25) is 0 Å². The average molecular weight is 274 g/mol. The van der Waals surface area contributed by atoms with Gasteiger partial charge in [-0.15, -0.1) is 0 Å². The van der Waals surface area contributed by atoms with Gasteiger partial charge >= 0.3 is 0 Å². The average Bonchev–Trinajstić information content (AvgIpc) is 2.43. The lowest BCUT2D eigenvalue weighted by molar-refractivity contribution is 0.111. The first-order valence-corrected chi connectivity index (χ1v) is 6.33. The third-order valence-corrected chi connectivity index (χ3v) is 2.65. The highest BCUT2D eigenvalue weighted by Gasteiger charge is 2.07. The lowest BCUT2D eigenvalue weighted by Gasteiger charge is -2.11. The third kappa shape index (κ3) is 3.43. The molecule has 0 amide bonds. The highest BCUT2D eigenvalue weighted by atomic mass is 16.5. The smallest absolute Gasteiger partial charge is 0.279 e. The predicted molar refractivity (Wildman–Crippen MR) is 77.6 cm³/mol. The van der Waals surface area contributed by atoms with Gasteiger partial charge in [-0.25, -0.2) is 4.98 Å². The van der Waals surface area contributed by atoms with Gasteiger partial charge in [0.05, 0.1) is 18.9 Å². The molecule has 2 aromatic rings. The number of hydrogen-bond acceptors (Lipinski definition) is 5. The molecule has 0 spiro atoms. The van der Waals surface area contributed by atoms with Crippen molar-refractivity contribution in [1.29, 1.82) is 0 Å². The summed E-state index contributed by atoms with van der Waals surface area (Å²) in [5.74, 6) is 0.526. The van der Waals surface area contributed by atoms with Crippen LogP contribution in [-0.4, -0.2) is 22.2 Å². The van der Waals surface area contributed by atoms with Crippen LogP contribution >= 0.6 is 0 Å². The molecule has 6 nitrogen and oxygen atoms in total. The van der Waals surface area contributed by atoms with Crippen LogP contribution < -0.4 is 17.0 Å². The third-order valence-electron chi connectivity index (χ3n) is 2.65. The van der Waals surface area contributed by atoms with Crippen LogP contribution in [0.2, 0.25) is 0 Å². The second-order valence-corrected chi connectivity index (χ2v) is 4.66. The van der Waals surface area contributed by atoms with E-state index in [0.29, 0.717) is 19.0 Å². The van der Waals surface area contributed by atoms with E-state index >= 15 is 0 Å². The van der Waals surface area contributed by atoms with Crippen LogP contribution in [0.25, 0.3) is 5.82 Å². The van der Waals surface area contributed by atoms with Crippen molar-refractivity contribution in [2.45, 2.75) is 19.6 Å². The summed E-state index contributed by atoms with van der Waals surface area (Å²) in [6, 6.07) is 6.92. The van der Waals surface area contributed by atoms with E-state index in [4.69, 9.17) is 16.2 Å². The molecule has 1 atom stereocenters. The fourth-order valence-corrected chi connectivity index (χ4v) is 1.77. The van der Waals surface area contributed by atoms with E-state index < -0.39 is 0 Å². The highest BCUT2D eigenvalue weighted by Crippen LogP contribution is 2.08. The molecule has 0 aliphatic heterocycles. The maximum atomic E-state index is 12.0. The number of nitrogens with zero attached hydrogens (tertiary/aromatic N) is 2. The van der Waals surface area contributed by atoms with Crippen LogP contribution in [0.1, 0.15) is 12.5 Å². The summed E-state index contributed by atoms with van der Waals surface area (Å²) < 4.78 is 6.87. The molecule has 0 saturated carbocycles. The topological polar surface area (TPSA) is 96.2 Å². The maximum Gasteiger partial charge on any atom is 0.279 e. The van der Waals surface area contributed by atoms with Gasteiger partial charge < -0.3 is 16.2 Å². The Bertz CT molecular complexity index is 623. The molecule has 2 heterocycles. The van der Waals surface area contributed by atoms with E-state index in [1.165, 1.54) is 4.57 Å². The predicted octanol–water partition coefficient (Wildman–Crippen LogP) is 0.678. The van der Waals surface area contributed by atoms with Gasteiger partial charge in [-0.3, -0.25) is 9.36 Å². The van der Waals surface area contributed by atoms with Crippen molar-refractivity contribution in [3.05, 3.63) is 52.6 Å². The molecular formula is C14H18N4O2. The summed E-state index contributed by atoms with van der Waals surface area (Å²) in [6.45, 7) is 2.66. The van der Waals surface area contributed by atoms with Gasteiger partial charge in [0.25, 0.3) is 5.56 Å². The van der Waals surface area contributed by atoms with E-state index in [1.807, 2.05) is 13.0 Å². The minimum atomic E-state index is -0.292. The second kappa shape index (κ2) is 6.31. The Kier molecular flexibility index (Phi) is 4.49. The Balaban J connectivity index is 2.29. The standard InChI is InChI=1S/C14H18N4O2/c1-10(15)8-20-9-11-6-12(16)14(19)18(7-11)13-4-2-3-5-17-13/h2-7,10H,8-9,15-16H2,1H3/t10-/m1/s1. The normalized spacial score (nSPS) is 12.3. The number of anilines is 1. The van der Waals surface area contributed by atoms with Crippen molar-refractivity contribution in [2.24, 2.45) is 5.73 Å². The first-order chi connectivity index (χ1) is 9.58. The van der Waals surface area contributed by atoms with Gasteiger partial charge in [0.1, 0.15) is 5.82 Å². The van der Waals surface area contributed by atoms with Crippen molar-refractivity contribution in [3.63, 3.8) is 0 Å². The van der Waals surface area contributed by atoms with Gasteiger partial charge in [-0.1, -0.05) is 6.07 Å². The Labute approximate surface area is 117 Å². The molecule has 0 fully saturated rings. The number of ether oxygens (including phenoxy) is 1. The highest BCUT2D eigenvalue weighted by molar-refractivity contribution is 5.41. The van der Waals surface area contributed by atoms with Crippen LogP contribution in [-0.2, 0) is 11.3 Å². The van der Waals surface area contributed by atoms with Crippen molar-refractivity contribution < 1.29 is 4.74 Å². The van der Waals surface area contributed by atoms with Gasteiger partial charge in [0.15, 0.2) is 0 Å². The van der Waals surface area contributed by atoms with Crippen molar-refractivity contribution in [3.8, 4) is 5.82 Å². The number of rotatable bonds is 5. The number of hydrogen-bond donors (Lipinski definition) is 2. The Hall–Kier alpha value is -2.18. The molecule has 4 N–H and O–H groups in total. The molecule has 0 aromatic carbocycles. The van der Waals surface area contributed by atoms with Crippen molar-refractivity contribution in [2.75, 3.05) is 12.3 Å². The van der Waals surface area contributed by atoms with Gasteiger partial charge in [0, 0.05) is 18.4 Å². The van der Waals surface area contributed by atoms with Crippen LogP contribution in [0.3, 0.4) is 0 Å². The molecule has 0 aliphatic rings. The molecule has 20 heavy (non-hydrogen) atoms. The SMILES string of the molecule is C[C@@H](N)COCc1cc(N)c(=O)n(-c2ccccn2)c1. The van der Waals surface area contributed by atoms with E-state index in [0.717, 1.165) is 5.56 Å². The summed E-state index contributed by atoms with van der Waals surface area (Å²) in [6.07, 6.45) is 3.31. The lowest BCUT2D eigenvalue weighted by Crippen LogP contribution is -2.24. The Morgan fingerprint density at radius 1 is 1.45 bits per heavy atom. The Morgan fingerprint density at radius 3 is 2.90 bits per heavy atom. The zero-order valence-electron chi connectivity index (χ0n) is 11.3. The quantitative estimate of drug-likeness (QED) is 0.835. The number of nitrogens with two attached hydrogens (primary N) is 2. The molecule has 2 aromatic heterocycles. The minimum Gasteiger partial charge on any atom is -0.394 e. The molecule has 0 aliphatic carbocycles. The minimum absolute atomic E-state index is 0.0333. The molecule has 0 saturated heterocycles. The number of nitrogen functional groups attached to an aromatic ring is 1. The molecule has 2 rings (SSSR count). The summed E-state index contributed by atoms with van der Waals surface area (Å²) in [7, 11) is 0. The first-order valence-electron chi connectivity index (χ1n) is 6.33. The molecule has 0 radical (unpaired) electrons. The summed E-state index contributed by atoms with van der Waals surface area (Å²) >= 11 is 0. The zero-order valence-corrected chi connectivity index (χ0v) is 11.3. The van der Waals surface area contributed by atoms with Crippen molar-refractivity contribution in [1.82, 2.24) is 9.55 Å². The van der Waals surface area contributed by atoms with Gasteiger partial charge in [-0.2, -0.15) is 0 Å². The van der Waals surface area contributed by atoms with Crippen LogP contribution in [0.4, 0.5) is 5.69 Å². The second-order valence-electron chi connectivity index (χ2n) is 4.66. The molecule has 6 heteroatoms. The van der Waals surface area contributed by atoms with Crippen LogP contribution in [0, 0.1) is 0 Å². The fraction of sp³-hybridized carbons (Fsp3) is 0.286. The van der Waals surface area contributed by atoms with Crippen LogP contribution in [0.5, 0.6) is 0 Å². The number of pyridine rings is 2. The van der Waals surface area contributed by atoms with E-state index in [1.54, 1.807) is 30.6 Å². The maximum absolute atomic E-state index is 12.0. The van der Waals surface area contributed by atoms with Crippen LogP contribution in [0.15, 0.2) is 41.5 Å². The largest absolute Gasteiger partial charge is 0.394 e. The van der Waals surface area contributed by atoms with Gasteiger partial charge in [-0.05, 0) is 30.7 Å². The summed E-state index contributed by atoms with van der Waals surface area (Å²) in [5, 5.41) is 0. The fourth-order valence-electron chi connectivity index (χ4n) is 1.77. The molecule has 106 valence electrons. The lowest BCUT2D eigenvalue weighted by atomic mass is 10.2.